The summed E-state index contributed by atoms with van der Waals surface area (Å²) in [5, 5.41) is 0.540. The molecule has 1 aliphatic rings. The van der Waals surface area contributed by atoms with Crippen molar-refractivity contribution in [1.29, 1.82) is 0 Å². The van der Waals surface area contributed by atoms with Gasteiger partial charge in [-0.25, -0.2) is 9.97 Å². The summed E-state index contributed by atoms with van der Waals surface area (Å²) >= 11 is 5.84. The van der Waals surface area contributed by atoms with Gasteiger partial charge in [-0.05, 0) is 31.5 Å². The Kier molecular flexibility index (Phi) is 3.51. The van der Waals surface area contributed by atoms with Crippen molar-refractivity contribution in [1.82, 2.24) is 9.97 Å². The predicted molar refractivity (Wildman–Crippen MR) is 69.3 cm³/mol. The maximum atomic E-state index is 4.03. The van der Waals surface area contributed by atoms with Crippen LogP contribution in [0.25, 0.3) is 0 Å². The third-order valence-corrected chi connectivity index (χ3v) is 3.40. The van der Waals surface area contributed by atoms with Crippen molar-refractivity contribution < 1.29 is 0 Å². The fourth-order valence-electron chi connectivity index (χ4n) is 1.13. The number of hydrogen-bond donors (Lipinski definition) is 1. The molecule has 3 rings (SSSR count). The maximum absolute atomic E-state index is 4.03. The van der Waals surface area contributed by atoms with Crippen molar-refractivity contribution in [3.8, 4) is 0 Å². The van der Waals surface area contributed by atoms with Crippen molar-refractivity contribution in [3.63, 3.8) is 0 Å². The number of hydrogen-bond acceptors (Lipinski definition) is 4. The molecule has 16 heavy (non-hydrogen) atoms. The van der Waals surface area contributed by atoms with Gasteiger partial charge in [0.05, 0.1) is 0 Å². The number of thiol groups is 1. The molecule has 0 radical (unpaired) electrons. The van der Waals surface area contributed by atoms with Crippen LogP contribution in [0.4, 0.5) is 0 Å². The summed E-state index contributed by atoms with van der Waals surface area (Å²) in [5.41, 5.74) is 2.10. The fourth-order valence-corrected chi connectivity index (χ4v) is 1.95. The van der Waals surface area contributed by atoms with E-state index in [1.807, 2.05) is 25.6 Å². The van der Waals surface area contributed by atoms with Crippen molar-refractivity contribution in [2.75, 3.05) is 0 Å². The van der Waals surface area contributed by atoms with Crippen LogP contribution in [0, 0.1) is 13.8 Å². The summed E-state index contributed by atoms with van der Waals surface area (Å²) in [7, 11) is 0. The van der Waals surface area contributed by atoms with Gasteiger partial charge in [0.15, 0.2) is 5.16 Å². The zero-order valence-corrected chi connectivity index (χ0v) is 10.8. The molecule has 0 spiro atoms. The van der Waals surface area contributed by atoms with Crippen LogP contribution in [0.15, 0.2) is 45.4 Å². The maximum Gasteiger partial charge on any atom is 0.184 e. The van der Waals surface area contributed by atoms with E-state index < -0.39 is 0 Å². The van der Waals surface area contributed by atoms with E-state index in [1.165, 1.54) is 9.79 Å². The molecule has 2 heterocycles. The number of aryl methyl sites for hydroxylation is 2. The molecule has 4 heteroatoms. The first kappa shape index (κ1) is 11.5. The first-order chi connectivity index (χ1) is 7.66. The zero-order valence-electron chi connectivity index (χ0n) is 9.14. The Morgan fingerprint density at radius 1 is 1.12 bits per heavy atom. The van der Waals surface area contributed by atoms with Crippen LogP contribution in [-0.4, -0.2) is 9.97 Å². The Hall–Kier alpha value is -1.00. The summed E-state index contributed by atoms with van der Waals surface area (Å²) in [4.78, 5) is 10.8. The van der Waals surface area contributed by atoms with Gasteiger partial charge < -0.3 is 0 Å². The highest BCUT2D eigenvalue weighted by Gasteiger charge is 2.14. The smallest absolute Gasteiger partial charge is 0.184 e. The molecule has 0 atom stereocenters. The van der Waals surface area contributed by atoms with E-state index in [4.69, 9.17) is 0 Å². The molecule has 2 nitrogen and oxygen atoms in total. The van der Waals surface area contributed by atoms with E-state index in [1.54, 1.807) is 6.20 Å². The lowest BCUT2D eigenvalue weighted by molar-refractivity contribution is 0.919. The van der Waals surface area contributed by atoms with Gasteiger partial charge in [0, 0.05) is 21.7 Å². The molecule has 2 aromatic rings. The van der Waals surface area contributed by atoms with E-state index in [0.717, 1.165) is 11.3 Å². The van der Waals surface area contributed by atoms with Gasteiger partial charge in [-0.2, -0.15) is 0 Å². The predicted octanol–water partition coefficient (Wildman–Crippen LogP) is 3.53. The molecular weight excluding hydrogens is 236 g/mol. The Labute approximate surface area is 105 Å². The first-order valence-corrected chi connectivity index (χ1v) is 6.19. The van der Waals surface area contributed by atoms with Gasteiger partial charge in [0.2, 0.25) is 0 Å². The Morgan fingerprint density at radius 2 is 1.75 bits per heavy atom. The van der Waals surface area contributed by atoms with E-state index in [-0.39, 0.29) is 0 Å². The normalized spacial score (nSPS) is 11.2. The van der Waals surface area contributed by atoms with Crippen LogP contribution < -0.4 is 0 Å². The largest absolute Gasteiger partial charge is 0.231 e. The Bertz CT molecular complexity index is 491. The molecule has 1 aromatic heterocycles. The molecule has 1 aliphatic heterocycles. The molecule has 0 aliphatic carbocycles. The Balaban J connectivity index is 0.000000123. The van der Waals surface area contributed by atoms with Crippen LogP contribution >= 0.6 is 24.4 Å². The lowest BCUT2D eigenvalue weighted by Gasteiger charge is -1.95. The topological polar surface area (TPSA) is 25.8 Å². The standard InChI is InChI=1S/C6H8N2S.C6H4S/c1-4-3-7-6(9)8-5(4)2;1-2-4-6-5(3-1)7-6/h3H,1-2H3,(H,7,8,9);1-4H. The molecular formula is C12H12N2S2. The second kappa shape index (κ2) is 4.89. The third kappa shape index (κ3) is 3.00. The summed E-state index contributed by atoms with van der Waals surface area (Å²) in [6.45, 7) is 3.92. The average Bonchev–Trinajstić information content (AvgIpc) is 3.04. The van der Waals surface area contributed by atoms with Crippen molar-refractivity contribution >= 4 is 24.4 Å². The molecule has 0 amide bonds. The van der Waals surface area contributed by atoms with Crippen molar-refractivity contribution in [3.05, 3.63) is 41.7 Å². The molecule has 0 saturated heterocycles. The van der Waals surface area contributed by atoms with E-state index >= 15 is 0 Å². The van der Waals surface area contributed by atoms with E-state index in [2.05, 4.69) is 46.9 Å². The monoisotopic (exact) mass is 248 g/mol. The highest BCUT2D eigenvalue weighted by atomic mass is 32.2. The third-order valence-electron chi connectivity index (χ3n) is 2.24. The van der Waals surface area contributed by atoms with E-state index in [0.29, 0.717) is 5.16 Å². The number of fused-ring (bicyclic) bond motifs is 1. The van der Waals surface area contributed by atoms with Gasteiger partial charge in [-0.15, -0.1) is 12.6 Å². The second-order valence-electron chi connectivity index (χ2n) is 3.49. The Morgan fingerprint density at radius 3 is 2.19 bits per heavy atom. The minimum Gasteiger partial charge on any atom is -0.231 e. The van der Waals surface area contributed by atoms with Gasteiger partial charge >= 0.3 is 0 Å². The molecule has 1 aromatic carbocycles. The van der Waals surface area contributed by atoms with Crippen LogP contribution in [0.5, 0.6) is 0 Å². The lowest BCUT2D eigenvalue weighted by Crippen LogP contribution is -1.89. The summed E-state index contributed by atoms with van der Waals surface area (Å²) in [6, 6.07) is 8.41. The minimum atomic E-state index is 0.540. The second-order valence-corrected chi connectivity index (χ2v) is 4.97. The van der Waals surface area contributed by atoms with Crippen LogP contribution in [0.1, 0.15) is 11.3 Å². The molecule has 0 unspecified atom stereocenters. The van der Waals surface area contributed by atoms with Gasteiger partial charge in [-0.1, -0.05) is 23.9 Å². The number of nitrogens with zero attached hydrogens (tertiary/aromatic N) is 2. The van der Waals surface area contributed by atoms with Crippen LogP contribution in [0.3, 0.4) is 0 Å². The van der Waals surface area contributed by atoms with Crippen molar-refractivity contribution in [2.24, 2.45) is 0 Å². The molecule has 0 fully saturated rings. The SMILES string of the molecule is Cc1cnc(S)nc1C.c1ccc2c(c1)S2. The van der Waals surface area contributed by atoms with Crippen LogP contribution in [-0.2, 0) is 0 Å². The minimum absolute atomic E-state index is 0.540. The number of rotatable bonds is 0. The zero-order chi connectivity index (χ0) is 11.5. The highest BCUT2D eigenvalue weighted by Crippen LogP contribution is 2.47. The lowest BCUT2D eigenvalue weighted by atomic mass is 10.3. The van der Waals surface area contributed by atoms with Gasteiger partial charge in [-0.3, -0.25) is 0 Å². The molecule has 82 valence electrons. The average molecular weight is 248 g/mol. The molecule has 0 N–H and O–H groups in total. The quantitative estimate of drug-likeness (QED) is 0.374. The fraction of sp³-hybridized carbons (Fsp3) is 0.167. The number of aromatic nitrogens is 2. The first-order valence-electron chi connectivity index (χ1n) is 4.93. The van der Waals surface area contributed by atoms with Crippen LogP contribution in [0.2, 0.25) is 0 Å². The number of benzene rings is 1. The highest BCUT2D eigenvalue weighted by molar-refractivity contribution is 8.04. The van der Waals surface area contributed by atoms with Gasteiger partial charge in [0.25, 0.3) is 0 Å². The summed E-state index contributed by atoms with van der Waals surface area (Å²) < 4.78 is 0. The van der Waals surface area contributed by atoms with E-state index in [9.17, 15) is 0 Å². The van der Waals surface area contributed by atoms with Crippen molar-refractivity contribution in [2.45, 2.75) is 28.8 Å². The summed E-state index contributed by atoms with van der Waals surface area (Å²) in [5.74, 6) is 0. The summed E-state index contributed by atoms with van der Waals surface area (Å²) in [6.07, 6.45) is 1.77. The van der Waals surface area contributed by atoms with Gasteiger partial charge in [0.1, 0.15) is 0 Å². The molecule has 0 saturated carbocycles. The molecule has 0 bridgehead atoms.